The van der Waals surface area contributed by atoms with Crippen LogP contribution in [0.3, 0.4) is 0 Å². The largest absolute Gasteiger partial charge is 0.469 e. The van der Waals surface area contributed by atoms with Crippen molar-refractivity contribution in [1.82, 2.24) is 4.90 Å². The molecule has 1 rings (SSSR count). The quantitative estimate of drug-likeness (QED) is 0.751. The zero-order valence-electron chi connectivity index (χ0n) is 10.5. The van der Waals surface area contributed by atoms with E-state index in [2.05, 4.69) is 4.74 Å². The van der Waals surface area contributed by atoms with Gasteiger partial charge < -0.3 is 9.64 Å². The first-order valence-corrected chi connectivity index (χ1v) is 5.59. The number of hydrogen-bond acceptors (Lipinski definition) is 3. The molecule has 0 saturated carbocycles. The van der Waals surface area contributed by atoms with E-state index in [0.29, 0.717) is 13.1 Å². The van der Waals surface area contributed by atoms with Gasteiger partial charge in [0.1, 0.15) is 5.82 Å². The second kappa shape index (κ2) is 6.74. The molecule has 4 nitrogen and oxygen atoms in total. The molecule has 0 fully saturated rings. The summed E-state index contributed by atoms with van der Waals surface area (Å²) >= 11 is 0. The predicted octanol–water partition coefficient (Wildman–Crippen LogP) is 1.74. The van der Waals surface area contributed by atoms with Crippen molar-refractivity contribution < 1.29 is 18.7 Å². The molecule has 98 valence electrons. The van der Waals surface area contributed by atoms with Crippen molar-refractivity contribution in [3.63, 3.8) is 0 Å². The number of esters is 1. The van der Waals surface area contributed by atoms with Crippen LogP contribution in [-0.4, -0.2) is 30.4 Å². The van der Waals surface area contributed by atoms with Crippen molar-refractivity contribution in [2.45, 2.75) is 19.9 Å². The summed E-state index contributed by atoms with van der Waals surface area (Å²) in [7, 11) is 1.31. The van der Waals surface area contributed by atoms with Crippen molar-refractivity contribution in [3.8, 4) is 0 Å². The Bertz CT molecular complexity index is 417. The lowest BCUT2D eigenvalue weighted by atomic mass is 10.2. The average Bonchev–Trinajstić information content (AvgIpc) is 2.35. The smallest absolute Gasteiger partial charge is 0.307 e. The van der Waals surface area contributed by atoms with Crippen molar-refractivity contribution in [1.29, 1.82) is 0 Å². The first-order chi connectivity index (χ1) is 8.52. The van der Waals surface area contributed by atoms with Gasteiger partial charge in [-0.05, 0) is 17.7 Å². The van der Waals surface area contributed by atoms with E-state index in [1.54, 1.807) is 12.1 Å². The van der Waals surface area contributed by atoms with E-state index in [4.69, 9.17) is 0 Å². The van der Waals surface area contributed by atoms with Gasteiger partial charge in [0.25, 0.3) is 0 Å². The summed E-state index contributed by atoms with van der Waals surface area (Å²) in [5.41, 5.74) is 0.816. The molecule has 0 atom stereocenters. The highest BCUT2D eigenvalue weighted by Crippen LogP contribution is 2.07. The minimum atomic E-state index is -0.361. The van der Waals surface area contributed by atoms with Crippen LogP contribution in [0.25, 0.3) is 0 Å². The summed E-state index contributed by atoms with van der Waals surface area (Å²) in [6.45, 7) is 2.08. The minimum Gasteiger partial charge on any atom is -0.469 e. The summed E-state index contributed by atoms with van der Waals surface area (Å²) in [5, 5.41) is 0. The van der Waals surface area contributed by atoms with E-state index >= 15 is 0 Å². The maximum Gasteiger partial charge on any atom is 0.307 e. The Morgan fingerprint density at radius 1 is 1.28 bits per heavy atom. The maximum absolute atomic E-state index is 12.7. The van der Waals surface area contributed by atoms with Crippen LogP contribution < -0.4 is 0 Å². The summed E-state index contributed by atoms with van der Waals surface area (Å²) in [4.78, 5) is 24.0. The molecule has 1 amide bonds. The fraction of sp³-hybridized carbons (Fsp3) is 0.385. The van der Waals surface area contributed by atoms with Crippen LogP contribution in [0.4, 0.5) is 4.39 Å². The van der Waals surface area contributed by atoms with E-state index in [0.717, 1.165) is 5.56 Å². The van der Waals surface area contributed by atoms with Gasteiger partial charge in [-0.1, -0.05) is 12.1 Å². The number of rotatable bonds is 5. The van der Waals surface area contributed by atoms with Crippen LogP contribution in [0.5, 0.6) is 0 Å². The van der Waals surface area contributed by atoms with Gasteiger partial charge in [-0.15, -0.1) is 0 Å². The lowest BCUT2D eigenvalue weighted by Gasteiger charge is -2.20. The molecule has 0 aliphatic rings. The standard InChI is InChI=1S/C13H16FNO3/c1-10(16)15(8-7-13(17)18-2)9-11-3-5-12(14)6-4-11/h3-6H,7-9H2,1-2H3. The SMILES string of the molecule is COC(=O)CCN(Cc1ccc(F)cc1)C(C)=O. The number of carbonyl (C=O) groups excluding carboxylic acids is 2. The minimum absolute atomic E-state index is 0.136. The number of amides is 1. The molecule has 18 heavy (non-hydrogen) atoms. The molecule has 0 N–H and O–H groups in total. The first-order valence-electron chi connectivity index (χ1n) is 5.59. The molecule has 0 aromatic heterocycles. The van der Waals surface area contributed by atoms with Crippen LogP contribution in [-0.2, 0) is 20.9 Å². The maximum atomic E-state index is 12.7. The second-order valence-electron chi connectivity index (χ2n) is 3.89. The van der Waals surface area contributed by atoms with Crippen LogP contribution in [0.2, 0.25) is 0 Å². The van der Waals surface area contributed by atoms with E-state index in [9.17, 15) is 14.0 Å². The van der Waals surface area contributed by atoms with Crippen molar-refractivity contribution >= 4 is 11.9 Å². The molecule has 0 spiro atoms. The lowest BCUT2D eigenvalue weighted by molar-refractivity contribution is -0.141. The summed E-state index contributed by atoms with van der Waals surface area (Å²) in [6.07, 6.45) is 0.150. The van der Waals surface area contributed by atoms with E-state index in [1.807, 2.05) is 0 Å². The Kier molecular flexibility index (Phi) is 5.30. The van der Waals surface area contributed by atoms with Crippen LogP contribution in [0.1, 0.15) is 18.9 Å². The predicted molar refractivity (Wildman–Crippen MR) is 64.1 cm³/mol. The third-order valence-corrected chi connectivity index (χ3v) is 2.55. The number of benzene rings is 1. The summed E-state index contributed by atoms with van der Waals surface area (Å²) < 4.78 is 17.3. The van der Waals surface area contributed by atoms with Gasteiger partial charge >= 0.3 is 5.97 Å². The molecule has 0 unspecified atom stereocenters. The third-order valence-electron chi connectivity index (χ3n) is 2.55. The van der Waals surface area contributed by atoms with Gasteiger partial charge in [-0.2, -0.15) is 0 Å². The molecular formula is C13H16FNO3. The molecule has 0 aliphatic heterocycles. The van der Waals surface area contributed by atoms with E-state index < -0.39 is 0 Å². The van der Waals surface area contributed by atoms with Gasteiger partial charge in [0.15, 0.2) is 0 Å². The summed E-state index contributed by atoms with van der Waals surface area (Å²) in [5.74, 6) is -0.814. The number of ether oxygens (including phenoxy) is 1. The number of halogens is 1. The molecule has 1 aromatic carbocycles. The van der Waals surface area contributed by atoms with Crippen LogP contribution in [0, 0.1) is 5.82 Å². The normalized spacial score (nSPS) is 9.94. The molecule has 1 aromatic rings. The summed E-state index contributed by atoms with van der Waals surface area (Å²) in [6, 6.07) is 5.91. The van der Waals surface area contributed by atoms with Crippen molar-refractivity contribution in [2.75, 3.05) is 13.7 Å². The molecule has 0 heterocycles. The molecule has 0 saturated heterocycles. The fourth-order valence-electron chi connectivity index (χ4n) is 1.49. The topological polar surface area (TPSA) is 46.6 Å². The monoisotopic (exact) mass is 253 g/mol. The highest BCUT2D eigenvalue weighted by Gasteiger charge is 2.11. The van der Waals surface area contributed by atoms with E-state index in [1.165, 1.54) is 31.1 Å². The molecule has 0 aliphatic carbocycles. The average molecular weight is 253 g/mol. The Hall–Kier alpha value is -1.91. The van der Waals surface area contributed by atoms with Gasteiger partial charge in [-0.25, -0.2) is 4.39 Å². The Morgan fingerprint density at radius 2 is 1.89 bits per heavy atom. The highest BCUT2D eigenvalue weighted by atomic mass is 19.1. The number of carbonyl (C=O) groups is 2. The fourth-order valence-corrected chi connectivity index (χ4v) is 1.49. The Morgan fingerprint density at radius 3 is 2.39 bits per heavy atom. The Labute approximate surface area is 105 Å². The second-order valence-corrected chi connectivity index (χ2v) is 3.89. The zero-order chi connectivity index (χ0) is 13.5. The molecular weight excluding hydrogens is 237 g/mol. The molecule has 0 radical (unpaired) electrons. The highest BCUT2D eigenvalue weighted by molar-refractivity contribution is 5.75. The number of methoxy groups -OCH3 is 1. The first kappa shape index (κ1) is 14.2. The van der Waals surface area contributed by atoms with E-state index in [-0.39, 0.29) is 24.1 Å². The molecule has 5 heteroatoms. The van der Waals surface area contributed by atoms with Crippen LogP contribution >= 0.6 is 0 Å². The Balaban J connectivity index is 2.60. The van der Waals surface area contributed by atoms with Crippen molar-refractivity contribution in [3.05, 3.63) is 35.6 Å². The lowest BCUT2D eigenvalue weighted by Crippen LogP contribution is -2.30. The van der Waals surface area contributed by atoms with Gasteiger partial charge in [0, 0.05) is 20.0 Å². The number of hydrogen-bond donors (Lipinski definition) is 0. The number of nitrogens with zero attached hydrogens (tertiary/aromatic N) is 1. The third kappa shape index (κ3) is 4.53. The van der Waals surface area contributed by atoms with Gasteiger partial charge in [0.05, 0.1) is 13.5 Å². The zero-order valence-corrected chi connectivity index (χ0v) is 10.5. The van der Waals surface area contributed by atoms with Gasteiger partial charge in [0.2, 0.25) is 5.91 Å². The van der Waals surface area contributed by atoms with Crippen molar-refractivity contribution in [2.24, 2.45) is 0 Å². The van der Waals surface area contributed by atoms with Gasteiger partial charge in [-0.3, -0.25) is 9.59 Å². The molecule has 0 bridgehead atoms. The van der Waals surface area contributed by atoms with Crippen LogP contribution in [0.15, 0.2) is 24.3 Å².